The number of fused-ring (bicyclic) bond motifs is 2. The maximum Gasteiger partial charge on any atom is 0.263 e. The lowest BCUT2D eigenvalue weighted by molar-refractivity contribution is 0.100. The highest BCUT2D eigenvalue weighted by atomic mass is 16.1. The third kappa shape index (κ3) is 4.03. The van der Waals surface area contributed by atoms with E-state index >= 15 is 0 Å². The number of hydrogen-bond acceptors (Lipinski definition) is 6. The molecule has 0 saturated carbocycles. The Morgan fingerprint density at radius 2 is 1.85 bits per heavy atom. The van der Waals surface area contributed by atoms with Crippen LogP contribution in [0.3, 0.4) is 0 Å². The second-order valence-electron chi connectivity index (χ2n) is 7.41. The van der Waals surface area contributed by atoms with Gasteiger partial charge >= 0.3 is 0 Å². The van der Waals surface area contributed by atoms with E-state index in [4.69, 9.17) is 11.5 Å². The molecule has 9 nitrogen and oxygen atoms in total. The molecule has 33 heavy (non-hydrogen) atoms. The summed E-state index contributed by atoms with van der Waals surface area (Å²) in [6.07, 6.45) is 3.55. The van der Waals surface area contributed by atoms with Crippen molar-refractivity contribution in [3.05, 3.63) is 94.3 Å². The zero-order chi connectivity index (χ0) is 23.5. The number of para-hydroxylation sites is 1. The molecule has 9 heteroatoms. The lowest BCUT2D eigenvalue weighted by Gasteiger charge is -2.14. The molecule has 3 heterocycles. The summed E-state index contributed by atoms with van der Waals surface area (Å²) in [7, 11) is 0. The Hall–Kier alpha value is -4.53. The average molecular weight is 441 g/mol. The third-order valence-corrected chi connectivity index (χ3v) is 5.31. The minimum atomic E-state index is -0.637. The molecule has 0 atom stereocenters. The van der Waals surface area contributed by atoms with Crippen LogP contribution >= 0.6 is 0 Å². The Morgan fingerprint density at radius 3 is 2.55 bits per heavy atom. The molecule has 0 fully saturated rings. The number of anilines is 1. The molecular weight excluding hydrogens is 418 g/mol. The van der Waals surface area contributed by atoms with Crippen molar-refractivity contribution in [2.75, 3.05) is 5.73 Å². The van der Waals surface area contributed by atoms with Crippen molar-refractivity contribution in [2.24, 2.45) is 5.73 Å². The van der Waals surface area contributed by atoms with E-state index in [0.29, 0.717) is 5.52 Å². The van der Waals surface area contributed by atoms with Crippen LogP contribution < -0.4 is 17.0 Å². The minimum Gasteiger partial charge on any atom is -0.381 e. The largest absolute Gasteiger partial charge is 0.381 e. The van der Waals surface area contributed by atoms with Gasteiger partial charge in [-0.3, -0.25) is 14.2 Å². The number of aromatic nitrogens is 5. The maximum atomic E-state index is 12.9. The highest BCUT2D eigenvalue weighted by molar-refractivity contribution is 6.03. The summed E-state index contributed by atoms with van der Waals surface area (Å²) in [5.41, 5.74) is 14.2. The lowest BCUT2D eigenvalue weighted by Crippen LogP contribution is -2.22. The van der Waals surface area contributed by atoms with Crippen LogP contribution in [0.2, 0.25) is 0 Å². The van der Waals surface area contributed by atoms with E-state index in [1.54, 1.807) is 0 Å². The molecule has 4 N–H and O–H groups in total. The number of pyridine rings is 1. The van der Waals surface area contributed by atoms with E-state index in [2.05, 4.69) is 28.2 Å². The number of carbonyl (C=O) groups excluding carboxylic acids is 1. The van der Waals surface area contributed by atoms with Crippen molar-refractivity contribution in [3.8, 4) is 5.69 Å². The number of nitrogen functional groups attached to an aromatic ring is 1. The molecule has 0 spiro atoms. The van der Waals surface area contributed by atoms with E-state index in [0.717, 1.165) is 34.1 Å². The second-order valence-corrected chi connectivity index (χ2v) is 7.41. The predicted molar refractivity (Wildman–Crippen MR) is 127 cm³/mol. The summed E-state index contributed by atoms with van der Waals surface area (Å²) in [6, 6.07) is 18.0. The standard InChI is InChI=1S/C18H17NO.C6H6N6O/c1-3-15-12-14-9-7-8-13(2)17(14)18(20)19(15)16-10-5-4-6-11-16;7-5-4(6(8)13)3-1-9-2-10-12(3)11-5/h4-12H,3H2,1-2H3;1-2H,(H2,7,11)(H2,8,13). The molecular formula is C24H23N7O2. The van der Waals surface area contributed by atoms with E-state index in [9.17, 15) is 9.59 Å². The van der Waals surface area contributed by atoms with Crippen molar-refractivity contribution in [3.63, 3.8) is 0 Å². The molecule has 5 rings (SSSR count). The van der Waals surface area contributed by atoms with Gasteiger partial charge in [0.25, 0.3) is 11.5 Å². The minimum absolute atomic E-state index is 0.0630. The number of nitrogens with zero attached hydrogens (tertiary/aromatic N) is 5. The van der Waals surface area contributed by atoms with Crippen LogP contribution in [0, 0.1) is 6.92 Å². The predicted octanol–water partition coefficient (Wildman–Crippen LogP) is 2.67. The lowest BCUT2D eigenvalue weighted by atomic mass is 10.1. The van der Waals surface area contributed by atoms with Gasteiger partial charge in [-0.15, -0.1) is 14.8 Å². The van der Waals surface area contributed by atoms with Crippen molar-refractivity contribution < 1.29 is 4.79 Å². The Balaban J connectivity index is 0.000000172. The fraction of sp³-hybridized carbons (Fsp3) is 0.125. The molecule has 1 amide bonds. The van der Waals surface area contributed by atoms with Gasteiger partial charge < -0.3 is 11.5 Å². The van der Waals surface area contributed by atoms with Crippen LogP contribution in [0.5, 0.6) is 0 Å². The summed E-state index contributed by atoms with van der Waals surface area (Å²) >= 11 is 0. The summed E-state index contributed by atoms with van der Waals surface area (Å²) in [4.78, 5) is 27.6. The molecule has 0 aliphatic rings. The Morgan fingerprint density at radius 1 is 1.09 bits per heavy atom. The third-order valence-electron chi connectivity index (χ3n) is 5.31. The molecule has 0 aliphatic carbocycles. The number of primary amides is 1. The number of aryl methyl sites for hydroxylation is 2. The van der Waals surface area contributed by atoms with Crippen LogP contribution in [0.1, 0.15) is 28.5 Å². The summed E-state index contributed by atoms with van der Waals surface area (Å²) in [5, 5.41) is 9.37. The van der Waals surface area contributed by atoms with Crippen molar-refractivity contribution in [1.29, 1.82) is 0 Å². The first-order valence-corrected chi connectivity index (χ1v) is 10.4. The van der Waals surface area contributed by atoms with Gasteiger partial charge in [0.15, 0.2) is 5.82 Å². The fourth-order valence-corrected chi connectivity index (χ4v) is 3.79. The fourth-order valence-electron chi connectivity index (χ4n) is 3.79. The van der Waals surface area contributed by atoms with Crippen molar-refractivity contribution in [2.45, 2.75) is 20.3 Å². The Labute approximate surface area is 189 Å². The number of rotatable bonds is 3. The zero-order valence-electron chi connectivity index (χ0n) is 18.3. The first-order valence-electron chi connectivity index (χ1n) is 10.4. The molecule has 0 bridgehead atoms. The number of nitrogens with two attached hydrogens (primary N) is 2. The van der Waals surface area contributed by atoms with Gasteiger partial charge in [0.1, 0.15) is 17.4 Å². The van der Waals surface area contributed by atoms with E-state index < -0.39 is 5.91 Å². The van der Waals surface area contributed by atoms with Gasteiger partial charge in [-0.05, 0) is 42.5 Å². The highest BCUT2D eigenvalue weighted by Gasteiger charge is 2.15. The van der Waals surface area contributed by atoms with Gasteiger partial charge in [-0.2, -0.15) is 0 Å². The average Bonchev–Trinajstić information content (AvgIpc) is 3.15. The van der Waals surface area contributed by atoms with Crippen LogP contribution in [0.15, 0.2) is 71.9 Å². The van der Waals surface area contributed by atoms with Gasteiger partial charge in [-0.1, -0.05) is 43.3 Å². The van der Waals surface area contributed by atoms with Crippen LogP contribution in [0.25, 0.3) is 22.0 Å². The van der Waals surface area contributed by atoms with Gasteiger partial charge in [0, 0.05) is 11.4 Å². The zero-order valence-corrected chi connectivity index (χ0v) is 18.3. The maximum absolute atomic E-state index is 12.9. The molecule has 166 valence electrons. The number of carbonyl (C=O) groups is 1. The summed E-state index contributed by atoms with van der Waals surface area (Å²) < 4.78 is 3.04. The van der Waals surface area contributed by atoms with Crippen molar-refractivity contribution in [1.82, 2.24) is 24.4 Å². The van der Waals surface area contributed by atoms with Gasteiger partial charge in [-0.25, -0.2) is 4.98 Å². The summed E-state index contributed by atoms with van der Waals surface area (Å²) in [5.74, 6) is -0.574. The first kappa shape index (κ1) is 21.7. The molecule has 0 aliphatic heterocycles. The van der Waals surface area contributed by atoms with Gasteiger partial charge in [0.2, 0.25) is 0 Å². The second kappa shape index (κ2) is 8.91. The topological polar surface area (TPSA) is 134 Å². The number of amides is 1. The van der Waals surface area contributed by atoms with E-state index in [1.165, 1.54) is 17.2 Å². The summed E-state index contributed by atoms with van der Waals surface area (Å²) in [6.45, 7) is 4.07. The van der Waals surface area contributed by atoms with E-state index in [1.807, 2.05) is 60.0 Å². The smallest absolute Gasteiger partial charge is 0.263 e. The van der Waals surface area contributed by atoms with Crippen LogP contribution in [0.4, 0.5) is 5.82 Å². The highest BCUT2D eigenvalue weighted by Crippen LogP contribution is 2.19. The molecule has 0 saturated heterocycles. The molecule has 3 aromatic heterocycles. The normalized spacial score (nSPS) is 10.7. The Kier molecular flexibility index (Phi) is 5.86. The quantitative estimate of drug-likeness (QED) is 0.442. The first-order chi connectivity index (χ1) is 15.9. The van der Waals surface area contributed by atoms with Crippen molar-refractivity contribution >= 4 is 28.0 Å². The SMILES string of the molecule is CCc1cc2cccc(C)c2c(=O)n1-c1ccccc1.NC(=O)c1c(N)nn2ncncc12. The van der Waals surface area contributed by atoms with Crippen LogP contribution in [-0.4, -0.2) is 30.3 Å². The van der Waals surface area contributed by atoms with Crippen LogP contribution in [-0.2, 0) is 6.42 Å². The Bertz CT molecular complexity index is 1520. The molecule has 2 aromatic carbocycles. The molecule has 0 radical (unpaired) electrons. The van der Waals surface area contributed by atoms with E-state index in [-0.39, 0.29) is 16.9 Å². The van der Waals surface area contributed by atoms with Gasteiger partial charge in [0.05, 0.1) is 11.6 Å². The number of benzene rings is 2. The molecule has 0 unspecified atom stereocenters. The molecule has 5 aromatic rings. The number of hydrogen-bond donors (Lipinski definition) is 2. The monoisotopic (exact) mass is 441 g/mol.